The smallest absolute Gasteiger partial charge is 0.258 e. The Morgan fingerprint density at radius 1 is 1.18 bits per heavy atom. The Morgan fingerprint density at radius 3 is 2.64 bits per heavy atom. The molecule has 8 heteroatoms. The first-order valence-electron chi connectivity index (χ1n) is 11.2. The Kier molecular flexibility index (Phi) is 7.42. The molecular formula is C25H29ClFN5O. The number of benzene rings is 2. The topological polar surface area (TPSA) is 62.2 Å². The maximum Gasteiger partial charge on any atom is 0.258 e. The van der Waals surface area contributed by atoms with E-state index in [1.54, 1.807) is 16.6 Å². The fourth-order valence-corrected chi connectivity index (χ4v) is 4.57. The van der Waals surface area contributed by atoms with Crippen molar-refractivity contribution < 1.29 is 9.18 Å². The zero-order chi connectivity index (χ0) is 23.4. The Balaban J connectivity index is 1.29. The van der Waals surface area contributed by atoms with Crippen LogP contribution in [0.2, 0.25) is 5.15 Å². The van der Waals surface area contributed by atoms with Crippen LogP contribution in [0.15, 0.2) is 54.6 Å². The standard InChI is InChI=1S/C25H29ClFN5O/c1-17-23(24(26)32(30-17)16-18-7-4-3-5-8-18)25(33)31(2)14-6-9-21-15-22(29-28-21)19-10-12-20(27)13-11-19/h3-5,7-8,10-13,21-22,28-29H,6,9,14-16H2,1-2H3. The summed E-state index contributed by atoms with van der Waals surface area (Å²) in [6, 6.07) is 17.0. The fraction of sp³-hybridized carbons (Fsp3) is 0.360. The molecule has 1 saturated heterocycles. The number of hydrogen-bond donors (Lipinski definition) is 2. The van der Waals surface area contributed by atoms with Crippen molar-refractivity contribution in [2.45, 2.75) is 44.8 Å². The van der Waals surface area contributed by atoms with Crippen LogP contribution in [0.1, 0.15) is 52.5 Å². The molecule has 174 valence electrons. The Hall–Kier alpha value is -2.74. The van der Waals surface area contributed by atoms with Crippen LogP contribution in [0.4, 0.5) is 4.39 Å². The van der Waals surface area contributed by atoms with Gasteiger partial charge in [-0.1, -0.05) is 54.1 Å². The molecule has 33 heavy (non-hydrogen) atoms. The average molecular weight is 470 g/mol. The number of aromatic nitrogens is 2. The van der Waals surface area contributed by atoms with Gasteiger partial charge in [-0.05, 0) is 49.4 Å². The largest absolute Gasteiger partial charge is 0.342 e. The lowest BCUT2D eigenvalue weighted by molar-refractivity contribution is 0.0791. The van der Waals surface area contributed by atoms with Crippen molar-refractivity contribution in [3.05, 3.63) is 88.0 Å². The van der Waals surface area contributed by atoms with Gasteiger partial charge >= 0.3 is 0 Å². The van der Waals surface area contributed by atoms with E-state index in [9.17, 15) is 9.18 Å². The minimum absolute atomic E-state index is 0.112. The van der Waals surface area contributed by atoms with Crippen molar-refractivity contribution in [1.82, 2.24) is 25.5 Å². The number of carbonyl (C=O) groups is 1. The molecule has 4 rings (SSSR count). The highest BCUT2D eigenvalue weighted by molar-refractivity contribution is 6.33. The van der Waals surface area contributed by atoms with E-state index in [0.717, 1.165) is 30.4 Å². The van der Waals surface area contributed by atoms with E-state index in [-0.39, 0.29) is 17.8 Å². The SMILES string of the molecule is Cc1nn(Cc2ccccc2)c(Cl)c1C(=O)N(C)CCCC1CC(c2ccc(F)cc2)NN1. The maximum absolute atomic E-state index is 13.1. The van der Waals surface area contributed by atoms with Crippen molar-refractivity contribution in [2.75, 3.05) is 13.6 Å². The van der Waals surface area contributed by atoms with Crippen LogP contribution < -0.4 is 10.9 Å². The molecule has 2 aromatic carbocycles. The molecule has 3 aromatic rings. The molecule has 2 atom stereocenters. The first kappa shape index (κ1) is 23.4. The van der Waals surface area contributed by atoms with Gasteiger partial charge in [-0.15, -0.1) is 0 Å². The van der Waals surface area contributed by atoms with Gasteiger partial charge in [0.1, 0.15) is 11.0 Å². The minimum atomic E-state index is -0.227. The molecule has 1 fully saturated rings. The highest BCUT2D eigenvalue weighted by atomic mass is 35.5. The lowest BCUT2D eigenvalue weighted by Crippen LogP contribution is -2.32. The number of hydrogen-bond acceptors (Lipinski definition) is 4. The normalized spacial score (nSPS) is 17.9. The number of rotatable bonds is 8. The number of nitrogens with zero attached hydrogens (tertiary/aromatic N) is 3. The summed E-state index contributed by atoms with van der Waals surface area (Å²) in [6.45, 7) is 2.96. The van der Waals surface area contributed by atoms with Gasteiger partial charge in [-0.3, -0.25) is 15.6 Å². The van der Waals surface area contributed by atoms with Gasteiger partial charge in [0.05, 0.1) is 17.8 Å². The van der Waals surface area contributed by atoms with E-state index in [0.29, 0.717) is 35.5 Å². The van der Waals surface area contributed by atoms with E-state index in [4.69, 9.17) is 11.6 Å². The second-order valence-corrected chi connectivity index (χ2v) is 8.95. The molecule has 1 aromatic heterocycles. The summed E-state index contributed by atoms with van der Waals surface area (Å²) in [7, 11) is 1.80. The van der Waals surface area contributed by atoms with E-state index < -0.39 is 0 Å². The van der Waals surface area contributed by atoms with Gasteiger partial charge in [0.2, 0.25) is 0 Å². The van der Waals surface area contributed by atoms with Gasteiger partial charge in [0.25, 0.3) is 5.91 Å². The van der Waals surface area contributed by atoms with Crippen LogP contribution in [0, 0.1) is 12.7 Å². The third-order valence-corrected chi connectivity index (χ3v) is 6.49. The predicted octanol–water partition coefficient (Wildman–Crippen LogP) is 4.49. The Bertz CT molecular complexity index is 1090. The van der Waals surface area contributed by atoms with E-state index >= 15 is 0 Å². The molecule has 1 aliphatic heterocycles. The first-order valence-corrected chi connectivity index (χ1v) is 11.6. The number of carbonyl (C=O) groups excluding carboxylic acids is 1. The summed E-state index contributed by atoms with van der Waals surface area (Å²) in [5, 5.41) is 4.86. The molecule has 2 heterocycles. The van der Waals surface area contributed by atoms with Crippen molar-refractivity contribution >= 4 is 17.5 Å². The minimum Gasteiger partial charge on any atom is -0.342 e. The molecule has 2 N–H and O–H groups in total. The van der Waals surface area contributed by atoms with Crippen LogP contribution in [0.25, 0.3) is 0 Å². The summed E-state index contributed by atoms with van der Waals surface area (Å²) in [5.41, 5.74) is 9.84. The van der Waals surface area contributed by atoms with Crippen molar-refractivity contribution in [1.29, 1.82) is 0 Å². The van der Waals surface area contributed by atoms with Crippen molar-refractivity contribution in [2.24, 2.45) is 0 Å². The molecule has 0 saturated carbocycles. The molecule has 1 aliphatic rings. The summed E-state index contributed by atoms with van der Waals surface area (Å²) >= 11 is 6.55. The lowest BCUT2D eigenvalue weighted by atomic mass is 9.99. The molecular weight excluding hydrogens is 441 g/mol. The second-order valence-electron chi connectivity index (χ2n) is 8.59. The molecule has 0 radical (unpaired) electrons. The predicted molar refractivity (Wildman–Crippen MR) is 128 cm³/mol. The first-order chi connectivity index (χ1) is 15.9. The highest BCUT2D eigenvalue weighted by Gasteiger charge is 2.26. The molecule has 0 spiro atoms. The van der Waals surface area contributed by atoms with Crippen molar-refractivity contribution in [3.8, 4) is 0 Å². The van der Waals surface area contributed by atoms with Gasteiger partial charge < -0.3 is 4.90 Å². The number of amides is 1. The third kappa shape index (κ3) is 5.61. The summed E-state index contributed by atoms with van der Waals surface area (Å²) < 4.78 is 14.8. The van der Waals surface area contributed by atoms with Crippen LogP contribution >= 0.6 is 11.6 Å². The fourth-order valence-electron chi connectivity index (χ4n) is 4.25. The van der Waals surface area contributed by atoms with E-state index in [1.165, 1.54) is 12.1 Å². The quantitative estimate of drug-likeness (QED) is 0.510. The van der Waals surface area contributed by atoms with Crippen LogP contribution in [-0.4, -0.2) is 40.2 Å². The zero-order valence-corrected chi connectivity index (χ0v) is 19.6. The number of halogens is 2. The van der Waals surface area contributed by atoms with Gasteiger partial charge in [0, 0.05) is 25.7 Å². The van der Waals surface area contributed by atoms with E-state index in [2.05, 4.69) is 16.0 Å². The third-order valence-electron chi connectivity index (χ3n) is 6.10. The van der Waals surface area contributed by atoms with Crippen molar-refractivity contribution in [3.63, 3.8) is 0 Å². The van der Waals surface area contributed by atoms with Crippen LogP contribution in [-0.2, 0) is 6.54 Å². The number of hydrazine groups is 1. The average Bonchev–Trinajstić information content (AvgIpc) is 3.38. The molecule has 1 amide bonds. The zero-order valence-electron chi connectivity index (χ0n) is 18.9. The summed E-state index contributed by atoms with van der Waals surface area (Å²) in [5.74, 6) is -0.339. The van der Waals surface area contributed by atoms with Gasteiger partial charge in [0.15, 0.2) is 0 Å². The number of nitrogens with one attached hydrogen (secondary N) is 2. The second kappa shape index (κ2) is 10.5. The van der Waals surface area contributed by atoms with E-state index in [1.807, 2.05) is 49.4 Å². The summed E-state index contributed by atoms with van der Waals surface area (Å²) in [4.78, 5) is 14.8. The Labute approximate surface area is 198 Å². The van der Waals surface area contributed by atoms with Crippen LogP contribution in [0.3, 0.4) is 0 Å². The molecule has 2 unspecified atom stereocenters. The van der Waals surface area contributed by atoms with Gasteiger partial charge in [-0.25, -0.2) is 9.07 Å². The molecule has 6 nitrogen and oxygen atoms in total. The lowest BCUT2D eigenvalue weighted by Gasteiger charge is -2.18. The highest BCUT2D eigenvalue weighted by Crippen LogP contribution is 2.25. The monoisotopic (exact) mass is 469 g/mol. The summed E-state index contributed by atoms with van der Waals surface area (Å²) in [6.07, 6.45) is 2.69. The molecule has 0 aliphatic carbocycles. The molecule has 0 bridgehead atoms. The Morgan fingerprint density at radius 2 is 1.91 bits per heavy atom. The van der Waals surface area contributed by atoms with Gasteiger partial charge in [-0.2, -0.15) is 5.10 Å². The van der Waals surface area contributed by atoms with Crippen LogP contribution in [0.5, 0.6) is 0 Å². The maximum atomic E-state index is 13.1. The number of aryl methyl sites for hydroxylation is 1.